The molecular weight excluding hydrogens is 294 g/mol. The maximum Gasteiger partial charge on any atom is 0.324 e. The van der Waals surface area contributed by atoms with Crippen LogP contribution in [0.25, 0.3) is 0 Å². The summed E-state index contributed by atoms with van der Waals surface area (Å²) in [6.07, 6.45) is 0. The Morgan fingerprint density at radius 3 is 2.48 bits per heavy atom. The number of thiophene rings is 1. The number of piperazine rings is 1. The molecule has 1 saturated heterocycles. The molecule has 1 aromatic rings. The van der Waals surface area contributed by atoms with Gasteiger partial charge in [-0.1, -0.05) is 11.3 Å². The smallest absolute Gasteiger partial charge is 0.324 e. The Morgan fingerprint density at radius 1 is 1.38 bits per heavy atom. The summed E-state index contributed by atoms with van der Waals surface area (Å²) < 4.78 is 0. The van der Waals surface area contributed by atoms with Gasteiger partial charge in [-0.05, 0) is 19.9 Å². The first-order valence-corrected chi connectivity index (χ1v) is 7.56. The number of amides is 1. The molecule has 0 bridgehead atoms. The molecule has 1 aliphatic rings. The van der Waals surface area contributed by atoms with Crippen LogP contribution in [-0.2, 0) is 0 Å². The minimum Gasteiger partial charge on any atom is -0.389 e. The molecule has 21 heavy (non-hydrogen) atoms. The third-order valence-electron chi connectivity index (χ3n) is 3.25. The molecule has 0 radical (unpaired) electrons. The third kappa shape index (κ3) is 4.23. The van der Waals surface area contributed by atoms with Crippen LogP contribution in [0.3, 0.4) is 0 Å². The fraction of sp³-hybridized carbons (Fsp3) is 0.615. The first-order valence-electron chi connectivity index (χ1n) is 6.74. The van der Waals surface area contributed by atoms with Crippen LogP contribution in [0.2, 0.25) is 0 Å². The topological polar surface area (TPSA) is 86.9 Å². The predicted molar refractivity (Wildman–Crippen MR) is 79.6 cm³/mol. The average Bonchev–Trinajstić information content (AvgIpc) is 2.86. The largest absolute Gasteiger partial charge is 0.389 e. The molecule has 0 aromatic carbocycles. The van der Waals surface area contributed by atoms with Crippen molar-refractivity contribution >= 4 is 22.2 Å². The van der Waals surface area contributed by atoms with Crippen LogP contribution < -0.4 is 0 Å². The summed E-state index contributed by atoms with van der Waals surface area (Å²) in [7, 11) is 0. The van der Waals surface area contributed by atoms with Crippen molar-refractivity contribution < 1.29 is 14.8 Å². The van der Waals surface area contributed by atoms with Gasteiger partial charge in [-0.2, -0.15) is 0 Å². The lowest BCUT2D eigenvalue weighted by Crippen LogP contribution is -2.51. The van der Waals surface area contributed by atoms with Gasteiger partial charge in [-0.3, -0.25) is 19.8 Å². The highest BCUT2D eigenvalue weighted by Crippen LogP contribution is 2.25. The molecule has 116 valence electrons. The van der Waals surface area contributed by atoms with E-state index in [2.05, 4.69) is 4.90 Å². The Morgan fingerprint density at radius 2 is 2.00 bits per heavy atom. The summed E-state index contributed by atoms with van der Waals surface area (Å²) in [5, 5.41) is 20.4. The lowest BCUT2D eigenvalue weighted by atomic mass is 10.1. The van der Waals surface area contributed by atoms with Crippen molar-refractivity contribution in [3.05, 3.63) is 27.1 Å². The molecule has 1 aliphatic heterocycles. The molecular formula is C13H19N3O4S. The fourth-order valence-electron chi connectivity index (χ4n) is 2.35. The lowest BCUT2D eigenvalue weighted by molar-refractivity contribution is -0.380. The van der Waals surface area contributed by atoms with E-state index < -0.39 is 10.5 Å². The van der Waals surface area contributed by atoms with Crippen LogP contribution in [0.15, 0.2) is 12.1 Å². The molecule has 0 atom stereocenters. The number of carbonyl (C=O) groups is 1. The molecule has 1 fully saturated rings. The molecule has 8 heteroatoms. The minimum atomic E-state index is -0.749. The highest BCUT2D eigenvalue weighted by Gasteiger charge is 2.27. The number of hydrogen-bond acceptors (Lipinski definition) is 6. The normalized spacial score (nSPS) is 17.0. The van der Waals surface area contributed by atoms with Crippen molar-refractivity contribution in [1.29, 1.82) is 0 Å². The molecule has 1 aromatic heterocycles. The first kappa shape index (κ1) is 15.9. The Balaban J connectivity index is 1.92. The van der Waals surface area contributed by atoms with Crippen LogP contribution in [0.4, 0.5) is 5.00 Å². The van der Waals surface area contributed by atoms with E-state index in [1.54, 1.807) is 18.7 Å². The lowest BCUT2D eigenvalue weighted by Gasteiger charge is -2.37. The summed E-state index contributed by atoms with van der Waals surface area (Å²) in [6, 6.07) is 2.87. The van der Waals surface area contributed by atoms with E-state index in [4.69, 9.17) is 0 Å². The van der Waals surface area contributed by atoms with Crippen molar-refractivity contribution in [3.63, 3.8) is 0 Å². The van der Waals surface area contributed by atoms with E-state index in [0.717, 1.165) is 11.3 Å². The standard InChI is InChI=1S/C13H19N3O4S/c1-13(2,18)9-14-5-7-15(8-6-14)12(17)10-3-4-11(21-10)16(19)20/h3-4,18H,5-9H2,1-2H3. The van der Waals surface area contributed by atoms with Crippen LogP contribution in [-0.4, -0.2) is 64.1 Å². The van der Waals surface area contributed by atoms with Gasteiger partial charge < -0.3 is 10.0 Å². The van der Waals surface area contributed by atoms with Crippen LogP contribution in [0, 0.1) is 10.1 Å². The number of hydrogen-bond donors (Lipinski definition) is 1. The second kappa shape index (κ2) is 6.08. The van der Waals surface area contributed by atoms with E-state index >= 15 is 0 Å². The number of carbonyl (C=O) groups excluding carboxylic acids is 1. The molecule has 0 aliphatic carbocycles. The maximum absolute atomic E-state index is 12.3. The van der Waals surface area contributed by atoms with Crippen LogP contribution >= 0.6 is 11.3 Å². The number of aliphatic hydroxyl groups is 1. The molecule has 0 unspecified atom stereocenters. The summed E-state index contributed by atoms with van der Waals surface area (Å²) in [4.78, 5) is 26.7. The molecule has 7 nitrogen and oxygen atoms in total. The van der Waals surface area contributed by atoms with E-state index in [9.17, 15) is 20.0 Å². The molecule has 0 saturated carbocycles. The summed E-state index contributed by atoms with van der Waals surface area (Å²) >= 11 is 0.910. The number of nitrogens with zero attached hydrogens (tertiary/aromatic N) is 3. The first-order chi connectivity index (χ1) is 9.76. The second-order valence-electron chi connectivity index (χ2n) is 5.78. The Labute approximate surface area is 126 Å². The molecule has 1 amide bonds. The molecule has 2 rings (SSSR count). The zero-order chi connectivity index (χ0) is 15.6. The van der Waals surface area contributed by atoms with Crippen molar-refractivity contribution in [2.24, 2.45) is 0 Å². The quantitative estimate of drug-likeness (QED) is 0.666. The van der Waals surface area contributed by atoms with E-state index in [-0.39, 0.29) is 10.9 Å². The van der Waals surface area contributed by atoms with Crippen LogP contribution in [0.5, 0.6) is 0 Å². The Kier molecular flexibility index (Phi) is 4.60. The zero-order valence-corrected chi connectivity index (χ0v) is 12.9. The van der Waals surface area contributed by atoms with Gasteiger partial charge in [0.25, 0.3) is 5.91 Å². The number of β-amino-alcohol motifs (C(OH)–C–C–N with tert-alkyl or cyclic N) is 1. The highest BCUT2D eigenvalue weighted by atomic mass is 32.1. The van der Waals surface area contributed by atoms with E-state index in [1.165, 1.54) is 12.1 Å². The number of rotatable bonds is 4. The molecule has 2 heterocycles. The Hall–Kier alpha value is -1.51. The molecule has 1 N–H and O–H groups in total. The maximum atomic E-state index is 12.3. The van der Waals surface area contributed by atoms with E-state index in [1.807, 2.05) is 0 Å². The van der Waals surface area contributed by atoms with Gasteiger partial charge >= 0.3 is 5.00 Å². The predicted octanol–water partition coefficient (Wildman–Crippen LogP) is 1.19. The fourth-order valence-corrected chi connectivity index (χ4v) is 3.14. The van der Waals surface area contributed by atoms with Crippen molar-refractivity contribution in [2.75, 3.05) is 32.7 Å². The van der Waals surface area contributed by atoms with Crippen molar-refractivity contribution in [2.45, 2.75) is 19.4 Å². The van der Waals surface area contributed by atoms with Crippen LogP contribution in [0.1, 0.15) is 23.5 Å². The summed E-state index contributed by atoms with van der Waals surface area (Å²) in [5.41, 5.74) is -0.749. The SMILES string of the molecule is CC(C)(O)CN1CCN(C(=O)c2ccc([N+](=O)[O-])s2)CC1. The van der Waals surface area contributed by atoms with Gasteiger partial charge in [0.1, 0.15) is 0 Å². The van der Waals surface area contributed by atoms with Gasteiger partial charge in [0, 0.05) is 38.8 Å². The summed E-state index contributed by atoms with van der Waals surface area (Å²) in [6.45, 7) is 6.62. The van der Waals surface area contributed by atoms with Crippen molar-refractivity contribution in [3.8, 4) is 0 Å². The van der Waals surface area contributed by atoms with Gasteiger partial charge in [-0.25, -0.2) is 0 Å². The Bertz CT molecular complexity index is 530. The highest BCUT2D eigenvalue weighted by molar-refractivity contribution is 7.17. The third-order valence-corrected chi connectivity index (χ3v) is 4.28. The minimum absolute atomic E-state index is 0.0148. The van der Waals surface area contributed by atoms with Gasteiger partial charge in [-0.15, -0.1) is 0 Å². The van der Waals surface area contributed by atoms with Gasteiger partial charge in [0.05, 0.1) is 15.4 Å². The second-order valence-corrected chi connectivity index (χ2v) is 6.84. The van der Waals surface area contributed by atoms with Crippen molar-refractivity contribution in [1.82, 2.24) is 9.80 Å². The summed E-state index contributed by atoms with van der Waals surface area (Å²) in [5.74, 6) is -0.156. The van der Waals surface area contributed by atoms with Gasteiger partial charge in [0.15, 0.2) is 0 Å². The van der Waals surface area contributed by atoms with Gasteiger partial charge in [0.2, 0.25) is 0 Å². The monoisotopic (exact) mass is 313 g/mol. The average molecular weight is 313 g/mol. The number of nitro groups is 1. The molecule has 0 spiro atoms. The van der Waals surface area contributed by atoms with E-state index in [0.29, 0.717) is 37.6 Å². The zero-order valence-electron chi connectivity index (χ0n) is 12.1.